The zero-order valence-corrected chi connectivity index (χ0v) is 21.7. The predicted molar refractivity (Wildman–Crippen MR) is 150 cm³/mol. The number of carbonyl (C=O) groups is 2. The van der Waals surface area contributed by atoms with Gasteiger partial charge < -0.3 is 10.2 Å². The molecule has 4 nitrogen and oxygen atoms in total. The Morgan fingerprint density at radius 2 is 0.703 bits per heavy atom. The summed E-state index contributed by atoms with van der Waals surface area (Å²) in [6.45, 7) is 5.92. The maximum absolute atomic E-state index is 9.25. The van der Waals surface area contributed by atoms with E-state index in [1.54, 1.807) is 0 Å². The van der Waals surface area contributed by atoms with Crippen LogP contribution in [0.1, 0.15) is 0 Å². The number of benzene rings is 4. The number of fused-ring (bicyclic) bond motifs is 6. The molecule has 0 amide bonds. The molecule has 0 radical (unpaired) electrons. The summed E-state index contributed by atoms with van der Waals surface area (Å²) >= 11 is 0. The van der Waals surface area contributed by atoms with Gasteiger partial charge >= 0.3 is 33.7 Å². The van der Waals surface area contributed by atoms with E-state index in [0.29, 0.717) is 0 Å². The topological polar surface area (TPSA) is 74.6 Å². The van der Waals surface area contributed by atoms with Crippen LogP contribution in [0, 0.1) is 0 Å². The molecule has 0 aliphatic heterocycles. The van der Waals surface area contributed by atoms with Crippen LogP contribution in [0.15, 0.2) is 135 Å². The largest absolute Gasteiger partial charge is 2.00 e. The summed E-state index contributed by atoms with van der Waals surface area (Å²) < 4.78 is 0. The zero-order chi connectivity index (χ0) is 25.9. The van der Waals surface area contributed by atoms with Crippen LogP contribution in [0.25, 0.3) is 43.1 Å². The summed E-state index contributed by atoms with van der Waals surface area (Å²) in [5.74, 6) is -1.96. The molecule has 6 aromatic rings. The molecular weight excluding hydrogens is 496 g/mol. The standard InChI is InChI=1S/2C13H9.2C3H4O2.Ti/c2*1-3-7-12-10(5-1)9-11-6-2-4-8-13(11)12;2*1-2-3(4)5;/h2*1-9H;2*2H,1H2,(H,4,5);/q2*-1;;;+2. The Balaban J connectivity index is 0.000000190. The first kappa shape index (κ1) is 29.0. The Bertz CT molecular complexity index is 1410. The second-order valence-electron chi connectivity index (χ2n) is 7.72. The summed E-state index contributed by atoms with van der Waals surface area (Å²) in [5, 5.41) is 26.0. The molecule has 0 heterocycles. The molecule has 0 aromatic heterocycles. The van der Waals surface area contributed by atoms with Crippen molar-refractivity contribution >= 4 is 55.0 Å². The van der Waals surface area contributed by atoms with Crippen molar-refractivity contribution in [1.82, 2.24) is 0 Å². The third-order valence-electron chi connectivity index (χ3n) is 5.39. The average Bonchev–Trinajstić information content (AvgIpc) is 3.48. The quantitative estimate of drug-likeness (QED) is 0.138. The van der Waals surface area contributed by atoms with Crippen molar-refractivity contribution in [1.29, 1.82) is 0 Å². The minimum atomic E-state index is -0.981. The molecule has 0 aliphatic rings. The SMILES string of the molecule is C=CC(=O)O.C=CC(=O)O.[Ti+2].c1ccc2c(c1)[cH-]c1ccccc12.c1ccc2c(c1)[cH-]c1ccccc12. The van der Waals surface area contributed by atoms with E-state index in [0.717, 1.165) is 12.2 Å². The van der Waals surface area contributed by atoms with Gasteiger partial charge in [-0.25, -0.2) is 9.59 Å². The fourth-order valence-electron chi connectivity index (χ4n) is 3.81. The van der Waals surface area contributed by atoms with Crippen LogP contribution in [0.5, 0.6) is 0 Å². The van der Waals surface area contributed by atoms with Crippen LogP contribution in [0.4, 0.5) is 0 Å². The normalized spacial score (nSPS) is 9.51. The fraction of sp³-hybridized carbons (Fsp3) is 0. The molecule has 0 aliphatic carbocycles. The third-order valence-corrected chi connectivity index (χ3v) is 5.39. The summed E-state index contributed by atoms with van der Waals surface area (Å²) in [6, 6.07) is 38.5. The molecule has 0 fully saturated rings. The van der Waals surface area contributed by atoms with E-state index in [1.807, 2.05) is 0 Å². The number of carboxylic acids is 2. The van der Waals surface area contributed by atoms with Gasteiger partial charge in [-0.05, 0) is 0 Å². The van der Waals surface area contributed by atoms with Gasteiger partial charge in [-0.1, -0.05) is 86.0 Å². The van der Waals surface area contributed by atoms with E-state index < -0.39 is 11.9 Å². The molecule has 0 atom stereocenters. The second-order valence-corrected chi connectivity index (χ2v) is 7.72. The van der Waals surface area contributed by atoms with E-state index >= 15 is 0 Å². The molecule has 2 N–H and O–H groups in total. The van der Waals surface area contributed by atoms with Crippen molar-refractivity contribution in [2.75, 3.05) is 0 Å². The first-order valence-electron chi connectivity index (χ1n) is 11.2. The Labute approximate surface area is 230 Å². The van der Waals surface area contributed by atoms with Crippen molar-refractivity contribution in [2.45, 2.75) is 0 Å². The van der Waals surface area contributed by atoms with Crippen LogP contribution in [-0.2, 0) is 31.3 Å². The Morgan fingerprint density at radius 1 is 0.514 bits per heavy atom. The number of aliphatic carboxylic acids is 2. The summed E-state index contributed by atoms with van der Waals surface area (Å²) in [5.41, 5.74) is 0. The Kier molecular flexibility index (Phi) is 11.2. The van der Waals surface area contributed by atoms with Crippen LogP contribution in [0.2, 0.25) is 0 Å². The summed E-state index contributed by atoms with van der Waals surface area (Å²) in [6.07, 6.45) is 1.67. The smallest absolute Gasteiger partial charge is 0.478 e. The van der Waals surface area contributed by atoms with Gasteiger partial charge in [0.2, 0.25) is 0 Å². The first-order chi connectivity index (χ1) is 17.4. The molecule has 0 unspecified atom stereocenters. The van der Waals surface area contributed by atoms with E-state index in [1.165, 1.54) is 43.1 Å². The molecule has 37 heavy (non-hydrogen) atoms. The van der Waals surface area contributed by atoms with E-state index in [9.17, 15) is 9.59 Å². The summed E-state index contributed by atoms with van der Waals surface area (Å²) in [4.78, 5) is 18.5. The number of rotatable bonds is 2. The van der Waals surface area contributed by atoms with E-state index in [4.69, 9.17) is 10.2 Å². The van der Waals surface area contributed by atoms with Crippen LogP contribution >= 0.6 is 0 Å². The molecule has 6 rings (SSSR count). The monoisotopic (exact) mass is 522 g/mol. The van der Waals surface area contributed by atoms with Gasteiger partial charge in [0.25, 0.3) is 0 Å². The van der Waals surface area contributed by atoms with Crippen molar-refractivity contribution in [3.05, 3.63) is 135 Å². The molecule has 0 saturated carbocycles. The van der Waals surface area contributed by atoms with E-state index in [-0.39, 0.29) is 21.7 Å². The summed E-state index contributed by atoms with van der Waals surface area (Å²) in [7, 11) is 0. The zero-order valence-electron chi connectivity index (χ0n) is 20.2. The van der Waals surface area contributed by atoms with Gasteiger partial charge in [-0.2, -0.15) is 0 Å². The molecule has 0 saturated heterocycles. The van der Waals surface area contributed by atoms with E-state index in [2.05, 4.69) is 122 Å². The van der Waals surface area contributed by atoms with Crippen molar-refractivity contribution < 1.29 is 41.5 Å². The third kappa shape index (κ3) is 7.87. The minimum Gasteiger partial charge on any atom is -0.478 e. The minimum absolute atomic E-state index is 0. The van der Waals surface area contributed by atoms with Gasteiger partial charge in [0.1, 0.15) is 0 Å². The second kappa shape index (κ2) is 14.3. The average molecular weight is 522 g/mol. The Morgan fingerprint density at radius 3 is 0.892 bits per heavy atom. The molecule has 182 valence electrons. The van der Waals surface area contributed by atoms with Crippen LogP contribution in [0.3, 0.4) is 0 Å². The van der Waals surface area contributed by atoms with Crippen LogP contribution < -0.4 is 0 Å². The van der Waals surface area contributed by atoms with Gasteiger partial charge in [-0.15, -0.1) is 79.5 Å². The van der Waals surface area contributed by atoms with Crippen LogP contribution in [-0.4, -0.2) is 22.2 Å². The number of hydrogen-bond acceptors (Lipinski definition) is 2. The Hall–Kier alpha value is -4.25. The number of carboxylic acid groups (broad SMARTS) is 2. The van der Waals surface area contributed by atoms with Crippen molar-refractivity contribution in [2.24, 2.45) is 0 Å². The van der Waals surface area contributed by atoms with Gasteiger partial charge in [0, 0.05) is 12.2 Å². The maximum atomic E-state index is 9.25. The van der Waals surface area contributed by atoms with Gasteiger partial charge in [0.15, 0.2) is 0 Å². The van der Waals surface area contributed by atoms with Crippen molar-refractivity contribution in [3.8, 4) is 0 Å². The fourth-order valence-corrected chi connectivity index (χ4v) is 3.81. The maximum Gasteiger partial charge on any atom is 2.00 e. The van der Waals surface area contributed by atoms with Gasteiger partial charge in [-0.3, -0.25) is 0 Å². The molecule has 6 aromatic carbocycles. The molecule has 0 spiro atoms. The van der Waals surface area contributed by atoms with Crippen molar-refractivity contribution in [3.63, 3.8) is 0 Å². The molecule has 5 heteroatoms. The van der Waals surface area contributed by atoms with Gasteiger partial charge in [0.05, 0.1) is 0 Å². The number of hydrogen-bond donors (Lipinski definition) is 2. The molecule has 0 bridgehead atoms. The first-order valence-corrected chi connectivity index (χ1v) is 11.2. The molecular formula is C32H26O4Ti. The predicted octanol–water partition coefficient (Wildman–Crippen LogP) is 7.94.